The number of benzene rings is 3. The van der Waals surface area contributed by atoms with E-state index in [1.54, 1.807) is 48.5 Å². The van der Waals surface area contributed by atoms with Gasteiger partial charge in [-0.15, -0.1) is 0 Å². The van der Waals surface area contributed by atoms with Gasteiger partial charge in [0.1, 0.15) is 11.4 Å². The summed E-state index contributed by atoms with van der Waals surface area (Å²) < 4.78 is 43.7. The molecule has 0 atom stereocenters. The average molecular weight is 383 g/mol. The van der Waals surface area contributed by atoms with Crippen molar-refractivity contribution in [2.75, 3.05) is 5.73 Å². The van der Waals surface area contributed by atoms with E-state index in [1.165, 1.54) is 0 Å². The van der Waals surface area contributed by atoms with Gasteiger partial charge in [-0.1, -0.05) is 43.0 Å². The fourth-order valence-electron chi connectivity index (χ4n) is 2.99. The van der Waals surface area contributed by atoms with E-state index in [4.69, 9.17) is 5.73 Å². The van der Waals surface area contributed by atoms with Crippen LogP contribution in [-0.2, 0) is 0 Å². The second-order valence-corrected chi connectivity index (χ2v) is 6.32. The van der Waals surface area contributed by atoms with Crippen molar-refractivity contribution in [1.29, 1.82) is 0 Å². The number of carboxylic acids is 1. The van der Waals surface area contributed by atoms with Crippen molar-refractivity contribution < 1.29 is 23.1 Å². The molecule has 0 saturated carbocycles. The fourth-order valence-corrected chi connectivity index (χ4v) is 2.99. The summed E-state index contributed by atoms with van der Waals surface area (Å²) in [6.07, 6.45) is 0. The van der Waals surface area contributed by atoms with Gasteiger partial charge < -0.3 is 10.8 Å². The Morgan fingerprint density at radius 1 is 0.893 bits per heavy atom. The number of carbonyl (C=O) groups is 1. The van der Waals surface area contributed by atoms with Gasteiger partial charge in [0.15, 0.2) is 11.6 Å². The highest BCUT2D eigenvalue weighted by molar-refractivity contribution is 5.97. The maximum absolute atomic E-state index is 15.1. The minimum Gasteiger partial charge on any atom is -0.478 e. The zero-order valence-corrected chi connectivity index (χ0v) is 14.9. The molecule has 0 amide bonds. The quantitative estimate of drug-likeness (QED) is 0.539. The number of hydrogen-bond acceptors (Lipinski definition) is 2. The first-order valence-electron chi connectivity index (χ1n) is 8.28. The third-order valence-corrected chi connectivity index (χ3v) is 4.45. The summed E-state index contributed by atoms with van der Waals surface area (Å²) in [5, 5.41) is 10.6. The number of aromatic carboxylic acids is 1. The van der Waals surface area contributed by atoms with E-state index in [-0.39, 0.29) is 5.57 Å². The first-order valence-corrected chi connectivity index (χ1v) is 8.28. The van der Waals surface area contributed by atoms with Gasteiger partial charge in [0.2, 0.25) is 0 Å². The lowest BCUT2D eigenvalue weighted by Crippen LogP contribution is -2.18. The maximum Gasteiger partial charge on any atom is 0.339 e. The van der Waals surface area contributed by atoms with E-state index < -0.39 is 40.1 Å². The number of hydrogen-bond donors (Lipinski definition) is 2. The number of nitrogens with two attached hydrogens (primary N) is 1. The highest BCUT2D eigenvalue weighted by Crippen LogP contribution is 2.32. The van der Waals surface area contributed by atoms with Crippen LogP contribution in [0.5, 0.6) is 0 Å². The van der Waals surface area contributed by atoms with Gasteiger partial charge in [-0.3, -0.25) is 0 Å². The summed E-state index contributed by atoms with van der Waals surface area (Å²) in [7, 11) is 0. The lowest BCUT2D eigenvalue weighted by atomic mass is 9.89. The van der Waals surface area contributed by atoms with Crippen molar-refractivity contribution in [2.24, 2.45) is 0 Å². The molecular weight excluding hydrogens is 367 g/mol. The standard InChI is InChI=1S/C22H16F3NO2/c1-11-3-5-13(6-4-11)16(14-7-9-15(26)10-8-14)17-18(22(27)28)21(25)20(24)12(2)19(17)23/h3-10H,1,26H2,2H3,(H,27,28). The highest BCUT2D eigenvalue weighted by Gasteiger charge is 2.29. The third kappa shape index (κ3) is 3.24. The van der Waals surface area contributed by atoms with Crippen molar-refractivity contribution in [1.82, 2.24) is 0 Å². The van der Waals surface area contributed by atoms with Gasteiger partial charge in [-0.2, -0.15) is 0 Å². The largest absolute Gasteiger partial charge is 0.478 e. The fraction of sp³-hybridized carbons (Fsp3) is 0.0455. The molecule has 0 aliphatic heterocycles. The minimum absolute atomic E-state index is 0.108. The Hall–Kier alpha value is -3.54. The summed E-state index contributed by atoms with van der Waals surface area (Å²) in [5.74, 6) is -6.04. The van der Waals surface area contributed by atoms with Crippen LogP contribution in [0, 0.1) is 24.4 Å². The van der Waals surface area contributed by atoms with Crippen LogP contribution in [0.4, 0.5) is 18.9 Å². The molecule has 3 rings (SSSR count). The lowest BCUT2D eigenvalue weighted by Gasteiger charge is -2.16. The van der Waals surface area contributed by atoms with Gasteiger partial charge in [-0.25, -0.2) is 18.0 Å². The molecule has 0 bridgehead atoms. The van der Waals surface area contributed by atoms with E-state index in [0.717, 1.165) is 6.92 Å². The predicted octanol–water partition coefficient (Wildman–Crippen LogP) is 3.35. The Balaban J connectivity index is 2.56. The van der Waals surface area contributed by atoms with Gasteiger partial charge in [0.25, 0.3) is 0 Å². The monoisotopic (exact) mass is 383 g/mol. The molecule has 3 N–H and O–H groups in total. The second kappa shape index (κ2) is 7.23. The molecule has 142 valence electrons. The number of anilines is 1. The number of nitrogen functional groups attached to an aromatic ring is 1. The highest BCUT2D eigenvalue weighted by atomic mass is 19.2. The molecule has 0 unspecified atom stereocenters. The summed E-state index contributed by atoms with van der Waals surface area (Å²) >= 11 is 0. The summed E-state index contributed by atoms with van der Waals surface area (Å²) in [6.45, 7) is 4.84. The first kappa shape index (κ1) is 19.2. The van der Waals surface area contributed by atoms with Gasteiger partial charge in [0.05, 0.1) is 0 Å². The first-order chi connectivity index (χ1) is 13.2. The number of rotatable bonds is 3. The molecule has 3 aromatic rings. The predicted molar refractivity (Wildman–Crippen MR) is 102 cm³/mol. The van der Waals surface area contributed by atoms with Crippen molar-refractivity contribution in [2.45, 2.75) is 6.92 Å². The normalized spacial score (nSPS) is 10.7. The van der Waals surface area contributed by atoms with Crippen LogP contribution in [0.25, 0.3) is 12.2 Å². The summed E-state index contributed by atoms with van der Waals surface area (Å²) in [6, 6.07) is 12.7. The number of halogens is 3. The number of carboxylic acid groups (broad SMARTS) is 1. The van der Waals surface area contributed by atoms with Crippen molar-refractivity contribution >= 4 is 23.8 Å². The molecule has 0 spiro atoms. The average Bonchev–Trinajstić information content (AvgIpc) is 2.66. The molecule has 3 nitrogen and oxygen atoms in total. The van der Waals surface area contributed by atoms with Crippen LogP contribution in [0.3, 0.4) is 0 Å². The van der Waals surface area contributed by atoms with Gasteiger partial charge in [0, 0.05) is 22.4 Å². The Morgan fingerprint density at radius 2 is 1.46 bits per heavy atom. The van der Waals surface area contributed by atoms with Crippen LogP contribution in [0.1, 0.15) is 27.0 Å². The minimum atomic E-state index is -1.77. The Labute approximate surface area is 158 Å². The summed E-state index contributed by atoms with van der Waals surface area (Å²) in [5.41, 5.74) is 4.47. The van der Waals surface area contributed by atoms with Crippen LogP contribution in [-0.4, -0.2) is 11.1 Å². The Bertz CT molecular complexity index is 1180. The van der Waals surface area contributed by atoms with Crippen LogP contribution < -0.4 is 16.2 Å². The van der Waals surface area contributed by atoms with Gasteiger partial charge in [-0.05, 0) is 35.1 Å². The molecule has 0 saturated heterocycles. The van der Waals surface area contributed by atoms with Crippen molar-refractivity contribution in [3.05, 3.63) is 98.7 Å². The van der Waals surface area contributed by atoms with Crippen LogP contribution in [0.15, 0.2) is 48.5 Å². The van der Waals surface area contributed by atoms with E-state index in [2.05, 4.69) is 6.58 Å². The molecular formula is C22H16F3NO2. The van der Waals surface area contributed by atoms with E-state index in [0.29, 0.717) is 21.7 Å². The molecule has 0 heterocycles. The zero-order chi connectivity index (χ0) is 20.6. The molecule has 6 heteroatoms. The van der Waals surface area contributed by atoms with Crippen LogP contribution >= 0.6 is 0 Å². The van der Waals surface area contributed by atoms with Crippen molar-refractivity contribution in [3.63, 3.8) is 0 Å². The topological polar surface area (TPSA) is 63.3 Å². The molecule has 3 aromatic carbocycles. The Morgan fingerprint density at radius 3 is 2.00 bits per heavy atom. The SMILES string of the molecule is C=c1ccc(=C(c2ccc(N)cc2)c2c(F)c(C)c(F)c(F)c2C(=O)O)cc1. The van der Waals surface area contributed by atoms with E-state index in [9.17, 15) is 18.7 Å². The smallest absolute Gasteiger partial charge is 0.339 e. The van der Waals surface area contributed by atoms with Crippen molar-refractivity contribution in [3.8, 4) is 0 Å². The summed E-state index contributed by atoms with van der Waals surface area (Å²) in [4.78, 5) is 11.7. The Kier molecular flexibility index (Phi) is 4.96. The molecule has 0 fully saturated rings. The molecule has 0 aromatic heterocycles. The second-order valence-electron chi connectivity index (χ2n) is 6.32. The molecule has 28 heavy (non-hydrogen) atoms. The van der Waals surface area contributed by atoms with Crippen LogP contribution in [0.2, 0.25) is 0 Å². The lowest BCUT2D eigenvalue weighted by molar-refractivity contribution is 0.0689. The zero-order valence-electron chi connectivity index (χ0n) is 14.9. The molecule has 0 radical (unpaired) electrons. The van der Waals surface area contributed by atoms with Gasteiger partial charge >= 0.3 is 5.97 Å². The van der Waals surface area contributed by atoms with E-state index in [1.807, 2.05) is 0 Å². The maximum atomic E-state index is 15.1. The molecule has 0 aliphatic rings. The van der Waals surface area contributed by atoms with E-state index >= 15 is 4.39 Å². The molecule has 0 aliphatic carbocycles. The third-order valence-electron chi connectivity index (χ3n) is 4.45.